The number of aromatic amines is 1. The highest BCUT2D eigenvalue weighted by Gasteiger charge is 2.32. The number of carbonyl (C=O) groups excluding carboxylic acids is 1. The average molecular weight is 503 g/mol. The van der Waals surface area contributed by atoms with E-state index in [0.717, 1.165) is 53.4 Å². The number of hydrogen-bond donors (Lipinski definition) is 3. The second-order valence-electron chi connectivity index (χ2n) is 10.5. The van der Waals surface area contributed by atoms with Crippen LogP contribution in [-0.4, -0.2) is 45.2 Å². The number of nitrogens with zero attached hydrogens (tertiary/aromatic N) is 2. The normalized spacial score (nSPS) is 24.6. The number of pyridine rings is 1. The predicted molar refractivity (Wildman–Crippen MR) is 139 cm³/mol. The molecule has 1 amide bonds. The molecule has 6 rings (SSSR count). The molecule has 2 fully saturated rings. The number of aliphatic hydroxyl groups excluding tert-OH is 1. The summed E-state index contributed by atoms with van der Waals surface area (Å²) in [6.07, 6.45) is 6.46. The molecule has 7 nitrogen and oxygen atoms in total. The molecule has 0 unspecified atom stereocenters. The molecule has 2 aromatic carbocycles. The number of aromatic nitrogens is 3. The zero-order valence-electron chi connectivity index (χ0n) is 20.8. The number of benzene rings is 2. The molecule has 0 bridgehead atoms. The molecule has 192 valence electrons. The van der Waals surface area contributed by atoms with Crippen molar-refractivity contribution in [2.24, 2.45) is 5.92 Å². The maximum atomic E-state index is 13.9. The van der Waals surface area contributed by atoms with Crippen molar-refractivity contribution in [2.75, 3.05) is 7.11 Å². The Labute approximate surface area is 214 Å². The number of fused-ring (bicyclic) bond motifs is 2. The van der Waals surface area contributed by atoms with E-state index in [1.807, 2.05) is 18.3 Å². The quantitative estimate of drug-likeness (QED) is 0.338. The number of methoxy groups -OCH3 is 1. The highest BCUT2D eigenvalue weighted by Crippen LogP contribution is 2.43. The lowest BCUT2D eigenvalue weighted by molar-refractivity contribution is 0.0274. The molecule has 2 saturated carbocycles. The number of hydrogen-bond acceptors (Lipinski definition) is 5. The van der Waals surface area contributed by atoms with Gasteiger partial charge in [0.2, 0.25) is 0 Å². The smallest absolute Gasteiger partial charge is 0.251 e. The number of H-pyrrole nitrogens is 1. The van der Waals surface area contributed by atoms with Gasteiger partial charge in [-0.25, -0.2) is 9.37 Å². The van der Waals surface area contributed by atoms with Gasteiger partial charge in [0, 0.05) is 30.3 Å². The van der Waals surface area contributed by atoms with Gasteiger partial charge in [-0.3, -0.25) is 9.78 Å². The molecule has 2 heterocycles. The van der Waals surface area contributed by atoms with Crippen molar-refractivity contribution in [2.45, 2.75) is 62.7 Å². The van der Waals surface area contributed by atoms with Crippen LogP contribution in [0.25, 0.3) is 21.9 Å². The third-order valence-corrected chi connectivity index (χ3v) is 8.11. The molecule has 8 heteroatoms. The number of rotatable bonds is 6. The molecule has 37 heavy (non-hydrogen) atoms. The summed E-state index contributed by atoms with van der Waals surface area (Å²) in [5.41, 5.74) is 4.16. The van der Waals surface area contributed by atoms with E-state index in [9.17, 15) is 14.3 Å². The molecule has 2 aliphatic rings. The Morgan fingerprint density at radius 3 is 2.68 bits per heavy atom. The van der Waals surface area contributed by atoms with Crippen molar-refractivity contribution in [1.82, 2.24) is 20.3 Å². The number of amides is 1. The fourth-order valence-electron chi connectivity index (χ4n) is 6.03. The Balaban J connectivity index is 1.16. The number of imidazole rings is 1. The largest absolute Gasteiger partial charge is 0.393 e. The number of nitrogens with one attached hydrogen (secondary N) is 2. The predicted octanol–water partition coefficient (Wildman–Crippen LogP) is 5.16. The lowest BCUT2D eigenvalue weighted by Crippen LogP contribution is -2.46. The maximum Gasteiger partial charge on any atom is 0.251 e. The van der Waals surface area contributed by atoms with Crippen LogP contribution < -0.4 is 5.32 Å². The highest BCUT2D eigenvalue weighted by molar-refractivity contribution is 5.97. The van der Waals surface area contributed by atoms with E-state index >= 15 is 0 Å². The molecule has 3 N–H and O–H groups in total. The number of aliphatic hydroxyl groups is 1. The Morgan fingerprint density at radius 2 is 1.92 bits per heavy atom. The van der Waals surface area contributed by atoms with E-state index in [-0.39, 0.29) is 30.0 Å². The minimum absolute atomic E-state index is 0.0325. The lowest BCUT2D eigenvalue weighted by Gasteiger charge is -2.33. The average Bonchev–Trinajstić information content (AvgIpc) is 3.31. The van der Waals surface area contributed by atoms with Gasteiger partial charge in [0.15, 0.2) is 0 Å². The second-order valence-corrected chi connectivity index (χ2v) is 10.5. The first kappa shape index (κ1) is 24.0. The molecule has 0 saturated heterocycles. The van der Waals surface area contributed by atoms with Crippen LogP contribution in [0.5, 0.6) is 0 Å². The van der Waals surface area contributed by atoms with E-state index in [2.05, 4.69) is 15.3 Å². The van der Waals surface area contributed by atoms with E-state index in [1.54, 1.807) is 31.4 Å². The summed E-state index contributed by atoms with van der Waals surface area (Å²) >= 11 is 0. The molecule has 2 aromatic heterocycles. The van der Waals surface area contributed by atoms with Crippen LogP contribution >= 0.6 is 0 Å². The zero-order chi connectivity index (χ0) is 25.5. The van der Waals surface area contributed by atoms with Gasteiger partial charge >= 0.3 is 0 Å². The van der Waals surface area contributed by atoms with Crippen molar-refractivity contribution in [3.63, 3.8) is 0 Å². The molecule has 4 aromatic rings. The third kappa shape index (κ3) is 4.71. The van der Waals surface area contributed by atoms with Crippen molar-refractivity contribution in [1.29, 1.82) is 0 Å². The van der Waals surface area contributed by atoms with E-state index in [0.29, 0.717) is 30.2 Å². The fourth-order valence-corrected chi connectivity index (χ4v) is 6.03. The summed E-state index contributed by atoms with van der Waals surface area (Å²) in [6.45, 7) is 0. The summed E-state index contributed by atoms with van der Waals surface area (Å²) in [4.78, 5) is 25.2. The summed E-state index contributed by atoms with van der Waals surface area (Å²) in [7, 11) is 1.72. The number of ether oxygens (including phenoxy) is 1. The van der Waals surface area contributed by atoms with Gasteiger partial charge in [-0.1, -0.05) is 0 Å². The van der Waals surface area contributed by atoms with Crippen molar-refractivity contribution in [3.8, 4) is 0 Å². The van der Waals surface area contributed by atoms with Crippen LogP contribution in [0.15, 0.2) is 48.7 Å². The summed E-state index contributed by atoms with van der Waals surface area (Å²) in [5.74, 6) is 1.06. The van der Waals surface area contributed by atoms with Crippen LogP contribution in [0.2, 0.25) is 0 Å². The van der Waals surface area contributed by atoms with Crippen LogP contribution in [0.4, 0.5) is 4.39 Å². The van der Waals surface area contributed by atoms with Crippen molar-refractivity contribution < 1.29 is 19.0 Å². The number of halogens is 1. The monoisotopic (exact) mass is 502 g/mol. The Morgan fingerprint density at radius 1 is 1.11 bits per heavy atom. The second kappa shape index (κ2) is 9.84. The molecular weight excluding hydrogens is 471 g/mol. The molecule has 1 atom stereocenters. The van der Waals surface area contributed by atoms with Gasteiger partial charge in [-0.05, 0) is 98.4 Å². The van der Waals surface area contributed by atoms with E-state index < -0.39 is 0 Å². The molecule has 0 aliphatic heterocycles. The minimum atomic E-state index is -0.310. The molecular formula is C29H31FN4O3. The summed E-state index contributed by atoms with van der Waals surface area (Å²) in [5, 5.41) is 13.3. The Kier molecular flexibility index (Phi) is 6.38. The maximum absolute atomic E-state index is 13.9. The van der Waals surface area contributed by atoms with Crippen LogP contribution in [0.1, 0.15) is 72.3 Å². The van der Waals surface area contributed by atoms with Crippen molar-refractivity contribution >= 4 is 27.8 Å². The first-order valence-corrected chi connectivity index (χ1v) is 13.0. The first-order valence-electron chi connectivity index (χ1n) is 13.0. The summed E-state index contributed by atoms with van der Waals surface area (Å²) in [6, 6.07) is 12.3. The Bertz CT molecular complexity index is 1440. The molecule has 2 aliphatic carbocycles. The van der Waals surface area contributed by atoms with Gasteiger partial charge in [0.05, 0.1) is 22.7 Å². The van der Waals surface area contributed by atoms with Crippen molar-refractivity contribution in [3.05, 3.63) is 71.4 Å². The molecule has 0 spiro atoms. The topological polar surface area (TPSA) is 100 Å². The summed E-state index contributed by atoms with van der Waals surface area (Å²) < 4.78 is 19.9. The SMILES string of the molecule is CO[C@@H](c1nc2cc(C(=O)NC3CC(O)C3)ccc2[nH]1)[C@H]1CC[C@@H](c2ccnc3ccc(F)cc32)CC1. The zero-order valence-corrected chi connectivity index (χ0v) is 20.8. The van der Waals surface area contributed by atoms with Crippen LogP contribution in [-0.2, 0) is 4.74 Å². The standard InChI is InChI=1S/C29H31FN4O3/c1-37-27(17-4-2-16(3-5-17)22-10-11-31-24-9-7-19(30)13-23(22)24)28-33-25-8-6-18(12-26(25)34-28)29(36)32-20-14-21(35)15-20/h6-13,16-17,20-21,27,35H,2-5,14-15H2,1H3,(H,32,36)(H,33,34)/t16-,17+,20?,21?,27-/m1/s1. The van der Waals surface area contributed by atoms with Gasteiger partial charge in [0.25, 0.3) is 5.91 Å². The van der Waals surface area contributed by atoms with Gasteiger partial charge in [0.1, 0.15) is 17.7 Å². The van der Waals surface area contributed by atoms with Crippen LogP contribution in [0, 0.1) is 11.7 Å². The van der Waals surface area contributed by atoms with Gasteiger partial charge in [-0.2, -0.15) is 0 Å². The van der Waals surface area contributed by atoms with Gasteiger partial charge in [-0.15, -0.1) is 0 Å². The van der Waals surface area contributed by atoms with Gasteiger partial charge < -0.3 is 20.1 Å². The van der Waals surface area contributed by atoms with E-state index in [1.165, 1.54) is 11.6 Å². The molecule has 0 radical (unpaired) electrons. The first-order chi connectivity index (χ1) is 18.0. The lowest BCUT2D eigenvalue weighted by atomic mass is 9.76. The van der Waals surface area contributed by atoms with E-state index in [4.69, 9.17) is 9.72 Å². The number of carbonyl (C=O) groups is 1. The van der Waals surface area contributed by atoms with Crippen LogP contribution in [0.3, 0.4) is 0 Å². The highest BCUT2D eigenvalue weighted by atomic mass is 19.1. The fraction of sp³-hybridized carbons (Fsp3) is 0.414. The third-order valence-electron chi connectivity index (χ3n) is 8.11. The Hall–Kier alpha value is -3.36. The minimum Gasteiger partial charge on any atom is -0.393 e.